The van der Waals surface area contributed by atoms with Crippen LogP contribution >= 0.6 is 0 Å². The van der Waals surface area contributed by atoms with Crippen molar-refractivity contribution in [1.29, 1.82) is 0 Å². The van der Waals surface area contributed by atoms with Gasteiger partial charge < -0.3 is 10.6 Å². The van der Waals surface area contributed by atoms with Gasteiger partial charge in [0.15, 0.2) is 5.78 Å². The van der Waals surface area contributed by atoms with Gasteiger partial charge in [0.25, 0.3) is 0 Å². The fraction of sp³-hybridized carbons (Fsp3) is 0.476. The van der Waals surface area contributed by atoms with Crippen molar-refractivity contribution in [2.24, 2.45) is 11.8 Å². The minimum atomic E-state index is -0.273. The Morgan fingerprint density at radius 1 is 1.12 bits per heavy atom. The summed E-state index contributed by atoms with van der Waals surface area (Å²) in [5, 5.41) is 5.77. The molecule has 138 valence electrons. The molecule has 1 saturated carbocycles. The maximum Gasteiger partial charge on any atom is 0.228 e. The number of amides is 2. The molecule has 26 heavy (non-hydrogen) atoms. The van der Waals surface area contributed by atoms with Crippen molar-refractivity contribution >= 4 is 23.3 Å². The molecule has 0 saturated heterocycles. The molecule has 1 fully saturated rings. The second-order valence-electron chi connectivity index (χ2n) is 7.22. The molecule has 0 aliphatic heterocycles. The second-order valence-corrected chi connectivity index (χ2v) is 7.22. The van der Waals surface area contributed by atoms with Crippen molar-refractivity contribution in [2.45, 2.75) is 45.4 Å². The topological polar surface area (TPSA) is 75.3 Å². The van der Waals surface area contributed by atoms with Crippen LogP contribution < -0.4 is 10.6 Å². The largest absolute Gasteiger partial charge is 0.356 e. The highest BCUT2D eigenvalue weighted by Gasteiger charge is 2.47. The van der Waals surface area contributed by atoms with Crippen molar-refractivity contribution in [2.75, 3.05) is 11.9 Å². The number of allylic oxidation sites excluding steroid dienone is 1. The van der Waals surface area contributed by atoms with E-state index in [4.69, 9.17) is 0 Å². The van der Waals surface area contributed by atoms with Crippen molar-refractivity contribution in [3.05, 3.63) is 41.5 Å². The number of hydrogen-bond donors (Lipinski definition) is 2. The fourth-order valence-electron chi connectivity index (χ4n) is 3.43. The van der Waals surface area contributed by atoms with Gasteiger partial charge >= 0.3 is 0 Å². The number of anilines is 1. The highest BCUT2D eigenvalue weighted by atomic mass is 16.2. The summed E-state index contributed by atoms with van der Waals surface area (Å²) >= 11 is 0. The molecule has 0 bridgehead atoms. The van der Waals surface area contributed by atoms with E-state index in [2.05, 4.69) is 16.7 Å². The van der Waals surface area contributed by atoms with E-state index in [1.807, 2.05) is 0 Å². The molecular formula is C21H26N2O3. The molecular weight excluding hydrogens is 328 g/mol. The van der Waals surface area contributed by atoms with Gasteiger partial charge in [-0.3, -0.25) is 14.4 Å². The maximum absolute atomic E-state index is 12.3. The first-order chi connectivity index (χ1) is 12.5. The lowest BCUT2D eigenvalue weighted by Gasteiger charge is -2.13. The summed E-state index contributed by atoms with van der Waals surface area (Å²) in [4.78, 5) is 35.9. The lowest BCUT2D eigenvalue weighted by Crippen LogP contribution is -2.28. The standard InChI is InChI=1S/C21H26N2O3/c1-14(24)16-8-5-9-17(12-16)23-21(26)19-13-18(19)20(25)22-11-10-15-6-3-2-4-7-15/h5-6,8-9,12,18-19H,2-4,7,10-11,13H2,1H3,(H,22,25)(H,23,26). The van der Waals surface area contributed by atoms with Crippen LogP contribution in [0.3, 0.4) is 0 Å². The molecule has 5 nitrogen and oxygen atoms in total. The zero-order valence-electron chi connectivity index (χ0n) is 15.2. The number of carbonyl (C=O) groups excluding carboxylic acids is 3. The monoisotopic (exact) mass is 354 g/mol. The van der Waals surface area contributed by atoms with E-state index in [-0.39, 0.29) is 29.4 Å². The third-order valence-corrected chi connectivity index (χ3v) is 5.13. The van der Waals surface area contributed by atoms with Crippen molar-refractivity contribution in [3.8, 4) is 0 Å². The van der Waals surface area contributed by atoms with E-state index in [1.165, 1.54) is 25.3 Å². The Morgan fingerprint density at radius 3 is 2.65 bits per heavy atom. The Balaban J connectivity index is 1.43. The summed E-state index contributed by atoms with van der Waals surface area (Å²) in [5.74, 6) is -0.728. The first-order valence-corrected chi connectivity index (χ1v) is 9.42. The van der Waals surface area contributed by atoms with Gasteiger partial charge in [0.1, 0.15) is 0 Å². The first-order valence-electron chi connectivity index (χ1n) is 9.42. The first kappa shape index (κ1) is 18.4. The van der Waals surface area contributed by atoms with Crippen LogP contribution in [0.1, 0.15) is 55.8 Å². The van der Waals surface area contributed by atoms with E-state index in [9.17, 15) is 14.4 Å². The lowest BCUT2D eigenvalue weighted by atomic mass is 9.97. The number of ketones is 1. The minimum absolute atomic E-state index is 0.0287. The molecule has 2 aliphatic carbocycles. The molecule has 0 aromatic heterocycles. The molecule has 0 radical (unpaired) electrons. The molecule has 2 atom stereocenters. The van der Waals surface area contributed by atoms with Crippen LogP contribution in [-0.2, 0) is 9.59 Å². The smallest absolute Gasteiger partial charge is 0.228 e. The predicted molar refractivity (Wildman–Crippen MR) is 101 cm³/mol. The fourth-order valence-corrected chi connectivity index (χ4v) is 3.43. The maximum atomic E-state index is 12.3. The summed E-state index contributed by atoms with van der Waals surface area (Å²) in [6.45, 7) is 2.14. The molecule has 3 rings (SSSR count). The molecule has 2 amide bonds. The Bertz CT molecular complexity index is 739. The summed E-state index contributed by atoms with van der Waals surface area (Å²) in [5.41, 5.74) is 2.59. The zero-order chi connectivity index (χ0) is 18.5. The molecule has 1 aromatic carbocycles. The minimum Gasteiger partial charge on any atom is -0.356 e. The number of Topliss-reactive ketones (excluding diaryl/α,β-unsaturated/α-hetero) is 1. The molecule has 5 heteroatoms. The van der Waals surface area contributed by atoms with E-state index in [0.29, 0.717) is 24.2 Å². The Kier molecular flexibility index (Phi) is 5.86. The lowest BCUT2D eigenvalue weighted by molar-refractivity contribution is -0.125. The van der Waals surface area contributed by atoms with Gasteiger partial charge in [-0.15, -0.1) is 0 Å². The number of rotatable bonds is 7. The molecule has 2 unspecified atom stereocenters. The number of nitrogens with one attached hydrogen (secondary N) is 2. The van der Waals surface area contributed by atoms with Crippen molar-refractivity contribution < 1.29 is 14.4 Å². The molecule has 1 aromatic rings. The van der Waals surface area contributed by atoms with Crippen LogP contribution in [0.5, 0.6) is 0 Å². The molecule has 2 aliphatic rings. The average molecular weight is 354 g/mol. The third kappa shape index (κ3) is 4.81. The Hall–Kier alpha value is -2.43. The van der Waals surface area contributed by atoms with Crippen LogP contribution in [-0.4, -0.2) is 24.1 Å². The van der Waals surface area contributed by atoms with Crippen molar-refractivity contribution in [3.63, 3.8) is 0 Å². The van der Waals surface area contributed by atoms with Crippen LogP contribution in [0.15, 0.2) is 35.9 Å². The summed E-state index contributed by atoms with van der Waals surface area (Å²) in [6, 6.07) is 6.87. The molecule has 2 N–H and O–H groups in total. The van der Waals surface area contributed by atoms with Gasteiger partial charge in [-0.1, -0.05) is 23.8 Å². The van der Waals surface area contributed by atoms with Gasteiger partial charge in [0, 0.05) is 17.8 Å². The number of carbonyl (C=O) groups is 3. The van der Waals surface area contributed by atoms with Crippen LogP contribution in [0.4, 0.5) is 5.69 Å². The van der Waals surface area contributed by atoms with E-state index < -0.39 is 0 Å². The predicted octanol–water partition coefficient (Wildman–Crippen LogP) is 3.47. The van der Waals surface area contributed by atoms with E-state index >= 15 is 0 Å². The Morgan fingerprint density at radius 2 is 1.92 bits per heavy atom. The SMILES string of the molecule is CC(=O)c1cccc(NC(=O)C2CC2C(=O)NCCC2=CCCCC2)c1. The van der Waals surface area contributed by atoms with Crippen LogP contribution in [0.25, 0.3) is 0 Å². The number of hydrogen-bond acceptors (Lipinski definition) is 3. The highest BCUT2D eigenvalue weighted by Crippen LogP contribution is 2.39. The molecule has 0 heterocycles. The number of benzene rings is 1. The normalized spacial score (nSPS) is 21.5. The summed E-state index contributed by atoms with van der Waals surface area (Å²) in [6.07, 6.45) is 8.60. The average Bonchev–Trinajstić information content (AvgIpc) is 3.44. The van der Waals surface area contributed by atoms with E-state index in [1.54, 1.807) is 24.3 Å². The van der Waals surface area contributed by atoms with Gasteiger partial charge in [0.05, 0.1) is 11.8 Å². The third-order valence-electron chi connectivity index (χ3n) is 5.13. The second kappa shape index (κ2) is 8.30. The van der Waals surface area contributed by atoms with Gasteiger partial charge in [-0.2, -0.15) is 0 Å². The highest BCUT2D eigenvalue weighted by molar-refractivity contribution is 6.01. The molecule has 0 spiro atoms. The van der Waals surface area contributed by atoms with Crippen LogP contribution in [0, 0.1) is 11.8 Å². The summed E-state index contributed by atoms with van der Waals surface area (Å²) < 4.78 is 0. The van der Waals surface area contributed by atoms with Gasteiger partial charge in [0.2, 0.25) is 11.8 Å². The quantitative estimate of drug-likeness (QED) is 0.581. The summed E-state index contributed by atoms with van der Waals surface area (Å²) in [7, 11) is 0. The van der Waals surface area contributed by atoms with Crippen molar-refractivity contribution in [1.82, 2.24) is 5.32 Å². The van der Waals surface area contributed by atoms with Gasteiger partial charge in [-0.25, -0.2) is 0 Å². The van der Waals surface area contributed by atoms with Gasteiger partial charge in [-0.05, 0) is 57.6 Å². The van der Waals surface area contributed by atoms with Crippen LogP contribution in [0.2, 0.25) is 0 Å². The Labute approximate surface area is 154 Å². The zero-order valence-corrected chi connectivity index (χ0v) is 15.2. The van der Waals surface area contributed by atoms with E-state index in [0.717, 1.165) is 19.3 Å².